The largest absolute Gasteiger partial charge is 0.360 e. The molecule has 14 heavy (non-hydrogen) atoms. The van der Waals surface area contributed by atoms with Crippen LogP contribution in [-0.4, -0.2) is 22.5 Å². The molecule has 1 heterocycles. The highest BCUT2D eigenvalue weighted by molar-refractivity contribution is 8.14. The van der Waals surface area contributed by atoms with Crippen molar-refractivity contribution in [1.82, 2.24) is 5.32 Å². The van der Waals surface area contributed by atoms with Crippen molar-refractivity contribution in [3.63, 3.8) is 0 Å². The first-order valence-electron chi connectivity index (χ1n) is 5.61. The monoisotopic (exact) mass is 212 g/mol. The van der Waals surface area contributed by atoms with Crippen LogP contribution in [0, 0.1) is 5.92 Å². The molecule has 1 aliphatic heterocycles. The molecule has 0 aromatic rings. The fourth-order valence-electron chi connectivity index (χ4n) is 1.88. The van der Waals surface area contributed by atoms with Gasteiger partial charge in [0.2, 0.25) is 0 Å². The van der Waals surface area contributed by atoms with Gasteiger partial charge in [-0.05, 0) is 39.0 Å². The molecule has 1 saturated carbocycles. The third-order valence-electron chi connectivity index (χ3n) is 3.20. The second kappa shape index (κ2) is 3.76. The number of thioether (sulfide) groups is 1. The summed E-state index contributed by atoms with van der Waals surface area (Å²) in [5.74, 6) is 0.867. The van der Waals surface area contributed by atoms with E-state index in [2.05, 4.69) is 31.1 Å². The lowest BCUT2D eigenvalue weighted by Crippen LogP contribution is -2.43. The summed E-state index contributed by atoms with van der Waals surface area (Å²) in [5, 5.41) is 5.48. The van der Waals surface area contributed by atoms with Gasteiger partial charge < -0.3 is 5.32 Å². The highest BCUT2D eigenvalue weighted by Gasteiger charge is 2.39. The van der Waals surface area contributed by atoms with E-state index >= 15 is 0 Å². The van der Waals surface area contributed by atoms with Crippen molar-refractivity contribution in [3.8, 4) is 0 Å². The standard InChI is InChI=1S/C11H20N2S/c1-4-9-7-12-10(14-9)13-11(2,3)8-5-6-8/h8-9H,4-7H2,1-3H3,(H,12,13). The number of aliphatic imine (C=N–C) groups is 1. The minimum Gasteiger partial charge on any atom is -0.360 e. The lowest BCUT2D eigenvalue weighted by Gasteiger charge is -2.27. The van der Waals surface area contributed by atoms with Crippen LogP contribution in [0.4, 0.5) is 0 Å². The van der Waals surface area contributed by atoms with E-state index in [1.165, 1.54) is 24.4 Å². The van der Waals surface area contributed by atoms with Gasteiger partial charge in [-0.3, -0.25) is 4.99 Å². The first-order chi connectivity index (χ1) is 6.62. The minimum absolute atomic E-state index is 0.258. The average Bonchev–Trinajstić information content (AvgIpc) is 2.89. The zero-order chi connectivity index (χ0) is 10.2. The first-order valence-corrected chi connectivity index (χ1v) is 6.49. The Labute approximate surface area is 90.9 Å². The van der Waals surface area contributed by atoms with E-state index < -0.39 is 0 Å². The molecule has 1 fully saturated rings. The SMILES string of the molecule is CCC1CN=C(NC(C)(C)C2CC2)S1. The van der Waals surface area contributed by atoms with E-state index in [1.54, 1.807) is 0 Å². The molecule has 2 rings (SSSR count). The summed E-state index contributed by atoms with van der Waals surface area (Å²) in [5.41, 5.74) is 0.258. The van der Waals surface area contributed by atoms with Gasteiger partial charge in [-0.15, -0.1) is 0 Å². The Balaban J connectivity index is 1.86. The second-order valence-corrected chi connectivity index (χ2v) is 6.20. The number of nitrogens with zero attached hydrogens (tertiary/aromatic N) is 1. The Morgan fingerprint density at radius 1 is 1.50 bits per heavy atom. The van der Waals surface area contributed by atoms with Crippen molar-refractivity contribution in [3.05, 3.63) is 0 Å². The summed E-state index contributed by atoms with van der Waals surface area (Å²) in [6.45, 7) is 7.84. The van der Waals surface area contributed by atoms with Crippen LogP contribution in [0.1, 0.15) is 40.0 Å². The Hall–Kier alpha value is -0.180. The fourth-order valence-corrected chi connectivity index (χ4v) is 2.98. The van der Waals surface area contributed by atoms with Gasteiger partial charge in [0, 0.05) is 10.8 Å². The normalized spacial score (nSPS) is 27.6. The summed E-state index contributed by atoms with van der Waals surface area (Å²) in [7, 11) is 0. The van der Waals surface area contributed by atoms with E-state index in [1.807, 2.05) is 11.8 Å². The summed E-state index contributed by atoms with van der Waals surface area (Å²) < 4.78 is 0. The van der Waals surface area contributed by atoms with E-state index in [0.717, 1.165) is 12.5 Å². The Morgan fingerprint density at radius 2 is 2.21 bits per heavy atom. The molecular weight excluding hydrogens is 192 g/mol. The van der Waals surface area contributed by atoms with Crippen molar-refractivity contribution < 1.29 is 0 Å². The molecule has 3 heteroatoms. The zero-order valence-corrected chi connectivity index (χ0v) is 10.2. The van der Waals surface area contributed by atoms with Crippen LogP contribution in [0.25, 0.3) is 0 Å². The van der Waals surface area contributed by atoms with Crippen molar-refractivity contribution in [2.24, 2.45) is 10.9 Å². The molecule has 0 saturated heterocycles. The summed E-state index contributed by atoms with van der Waals surface area (Å²) in [4.78, 5) is 4.55. The molecule has 80 valence electrons. The van der Waals surface area contributed by atoms with Gasteiger partial charge in [-0.2, -0.15) is 0 Å². The van der Waals surface area contributed by atoms with Crippen LogP contribution in [0.15, 0.2) is 4.99 Å². The number of nitrogens with one attached hydrogen (secondary N) is 1. The molecule has 2 nitrogen and oxygen atoms in total. The van der Waals surface area contributed by atoms with Crippen molar-refractivity contribution in [1.29, 1.82) is 0 Å². The van der Waals surface area contributed by atoms with Gasteiger partial charge in [0.15, 0.2) is 5.17 Å². The van der Waals surface area contributed by atoms with E-state index in [0.29, 0.717) is 5.25 Å². The molecule has 0 aromatic carbocycles. The topological polar surface area (TPSA) is 24.4 Å². The third kappa shape index (κ3) is 2.25. The quantitative estimate of drug-likeness (QED) is 0.778. The Kier molecular flexibility index (Phi) is 2.78. The van der Waals surface area contributed by atoms with Crippen molar-refractivity contribution in [2.45, 2.75) is 50.8 Å². The van der Waals surface area contributed by atoms with Crippen molar-refractivity contribution >= 4 is 16.9 Å². The fraction of sp³-hybridized carbons (Fsp3) is 0.909. The molecule has 1 atom stereocenters. The summed E-state index contributed by atoms with van der Waals surface area (Å²) >= 11 is 1.92. The summed E-state index contributed by atoms with van der Waals surface area (Å²) in [6, 6.07) is 0. The highest BCUT2D eigenvalue weighted by atomic mass is 32.2. The predicted octanol–water partition coefficient (Wildman–Crippen LogP) is 2.65. The zero-order valence-electron chi connectivity index (χ0n) is 9.34. The van der Waals surface area contributed by atoms with Gasteiger partial charge in [0.05, 0.1) is 6.54 Å². The second-order valence-electron chi connectivity index (χ2n) is 4.91. The molecule has 0 aromatic heterocycles. The van der Waals surface area contributed by atoms with Gasteiger partial charge >= 0.3 is 0 Å². The molecule has 0 spiro atoms. The smallest absolute Gasteiger partial charge is 0.157 e. The van der Waals surface area contributed by atoms with Crippen LogP contribution >= 0.6 is 11.8 Å². The van der Waals surface area contributed by atoms with Gasteiger partial charge in [0.1, 0.15) is 0 Å². The van der Waals surface area contributed by atoms with E-state index in [4.69, 9.17) is 0 Å². The lowest BCUT2D eigenvalue weighted by atomic mass is 9.99. The lowest BCUT2D eigenvalue weighted by molar-refractivity contribution is 0.404. The maximum atomic E-state index is 4.55. The molecule has 0 amide bonds. The molecule has 1 unspecified atom stereocenters. The van der Waals surface area contributed by atoms with Crippen LogP contribution in [0.3, 0.4) is 0 Å². The summed E-state index contributed by atoms with van der Waals surface area (Å²) in [6.07, 6.45) is 3.99. The number of hydrogen-bond donors (Lipinski definition) is 1. The van der Waals surface area contributed by atoms with Gasteiger partial charge in [-0.25, -0.2) is 0 Å². The molecule has 2 aliphatic rings. The molecular formula is C11H20N2S. The van der Waals surface area contributed by atoms with Gasteiger partial charge in [-0.1, -0.05) is 18.7 Å². The predicted molar refractivity (Wildman–Crippen MR) is 63.9 cm³/mol. The van der Waals surface area contributed by atoms with Crippen LogP contribution < -0.4 is 5.32 Å². The molecule has 0 bridgehead atoms. The third-order valence-corrected chi connectivity index (χ3v) is 4.47. The van der Waals surface area contributed by atoms with Crippen molar-refractivity contribution in [2.75, 3.05) is 6.54 Å². The molecule has 1 N–H and O–H groups in total. The van der Waals surface area contributed by atoms with Crippen LogP contribution in [-0.2, 0) is 0 Å². The van der Waals surface area contributed by atoms with Crippen LogP contribution in [0.5, 0.6) is 0 Å². The number of hydrogen-bond acceptors (Lipinski definition) is 3. The number of amidine groups is 1. The maximum Gasteiger partial charge on any atom is 0.157 e. The molecule has 0 radical (unpaired) electrons. The van der Waals surface area contributed by atoms with Gasteiger partial charge in [0.25, 0.3) is 0 Å². The van der Waals surface area contributed by atoms with Crippen LogP contribution in [0.2, 0.25) is 0 Å². The first kappa shape index (κ1) is 10.3. The Morgan fingerprint density at radius 3 is 2.71 bits per heavy atom. The van der Waals surface area contributed by atoms with E-state index in [9.17, 15) is 0 Å². The highest BCUT2D eigenvalue weighted by Crippen LogP contribution is 2.40. The van der Waals surface area contributed by atoms with E-state index in [-0.39, 0.29) is 5.54 Å². The maximum absolute atomic E-state index is 4.55. The average molecular weight is 212 g/mol. The Bertz CT molecular complexity index is 244. The molecule has 1 aliphatic carbocycles. The number of rotatable bonds is 3. The minimum atomic E-state index is 0.258.